The molecule has 0 atom stereocenters. The van der Waals surface area contributed by atoms with Gasteiger partial charge in [0.15, 0.2) is 0 Å². The molecule has 6 nitrogen and oxygen atoms in total. The summed E-state index contributed by atoms with van der Waals surface area (Å²) in [4.78, 5) is 9.76. The fraction of sp³-hybridized carbons (Fsp3) is 0.250. The topological polar surface area (TPSA) is 86.5 Å². The number of hydrogen-bond donors (Lipinski definition) is 0. The van der Waals surface area contributed by atoms with Crippen LogP contribution in [0.4, 0.5) is 5.69 Å². The van der Waals surface area contributed by atoms with Crippen LogP contribution < -0.4 is 0 Å². The molecule has 0 aliphatic carbocycles. The van der Waals surface area contributed by atoms with Gasteiger partial charge in [0, 0.05) is 12.1 Å². The number of aryl methyl sites for hydroxylation is 1. The Morgan fingerprint density at radius 1 is 1.40 bits per heavy atom. The molecule has 0 unspecified atom stereocenters. The van der Waals surface area contributed by atoms with Crippen molar-refractivity contribution >= 4 is 15.8 Å². The summed E-state index contributed by atoms with van der Waals surface area (Å²) in [6.07, 6.45) is 0. The van der Waals surface area contributed by atoms with Crippen LogP contribution in [0.3, 0.4) is 0 Å². The second kappa shape index (κ2) is 3.95. The molecule has 82 valence electrons. The molecule has 0 amide bonds. The van der Waals surface area contributed by atoms with E-state index in [1.165, 1.54) is 13.0 Å². The summed E-state index contributed by atoms with van der Waals surface area (Å²) in [5, 5.41) is 10.4. The first-order valence-corrected chi connectivity index (χ1v) is 5.35. The summed E-state index contributed by atoms with van der Waals surface area (Å²) in [5.74, 6) is 0. The van der Waals surface area contributed by atoms with E-state index < -0.39 is 15.0 Å². The second-order valence-electron chi connectivity index (χ2n) is 2.83. The molecule has 0 bridgehead atoms. The number of benzene rings is 1. The molecule has 15 heavy (non-hydrogen) atoms. The van der Waals surface area contributed by atoms with Crippen LogP contribution in [0.1, 0.15) is 5.56 Å². The van der Waals surface area contributed by atoms with Gasteiger partial charge in [-0.05, 0) is 18.6 Å². The Morgan fingerprint density at radius 3 is 2.40 bits per heavy atom. The summed E-state index contributed by atoms with van der Waals surface area (Å²) in [5.41, 5.74) is 0.133. The summed E-state index contributed by atoms with van der Waals surface area (Å²) in [6.45, 7) is 1.47. The third kappa shape index (κ3) is 2.31. The van der Waals surface area contributed by atoms with Crippen molar-refractivity contribution in [1.82, 2.24) is 0 Å². The number of rotatable bonds is 3. The van der Waals surface area contributed by atoms with E-state index in [1.54, 1.807) is 0 Å². The average molecular weight is 231 g/mol. The zero-order valence-electron chi connectivity index (χ0n) is 8.13. The molecule has 0 fully saturated rings. The molecule has 0 spiro atoms. The summed E-state index contributed by atoms with van der Waals surface area (Å²) < 4.78 is 26.9. The molecule has 0 heterocycles. The van der Waals surface area contributed by atoms with Crippen molar-refractivity contribution in [2.24, 2.45) is 0 Å². The predicted octanol–water partition coefficient (Wildman–Crippen LogP) is 1.24. The van der Waals surface area contributed by atoms with Gasteiger partial charge in [-0.25, -0.2) is 0 Å². The van der Waals surface area contributed by atoms with Crippen molar-refractivity contribution in [1.29, 1.82) is 0 Å². The van der Waals surface area contributed by atoms with Crippen molar-refractivity contribution in [2.75, 3.05) is 7.11 Å². The van der Waals surface area contributed by atoms with Crippen LogP contribution in [0.25, 0.3) is 0 Å². The minimum Gasteiger partial charge on any atom is -0.270 e. The standard InChI is InChI=1S/C8H9NO5S/c1-6-5-7(9(10)11)3-4-8(6)15(12,13)14-2/h3-5H,1-2H3. The fourth-order valence-corrected chi connectivity index (χ4v) is 1.98. The smallest absolute Gasteiger partial charge is 0.270 e. The molecule has 1 aromatic carbocycles. The van der Waals surface area contributed by atoms with Crippen molar-refractivity contribution in [3.63, 3.8) is 0 Å². The Kier molecular flexibility index (Phi) is 3.06. The molecule has 1 rings (SSSR count). The maximum Gasteiger partial charge on any atom is 0.296 e. The lowest BCUT2D eigenvalue weighted by molar-refractivity contribution is -0.385. The SMILES string of the molecule is COS(=O)(=O)c1ccc([N+](=O)[O-])cc1C. The van der Waals surface area contributed by atoms with E-state index in [1.807, 2.05) is 0 Å². The van der Waals surface area contributed by atoms with Gasteiger partial charge in [0.25, 0.3) is 15.8 Å². The van der Waals surface area contributed by atoms with E-state index in [9.17, 15) is 18.5 Å². The normalized spacial score (nSPS) is 11.3. The van der Waals surface area contributed by atoms with Crippen molar-refractivity contribution in [3.05, 3.63) is 33.9 Å². The minimum absolute atomic E-state index is 0.0596. The molecular formula is C8H9NO5S. The third-order valence-electron chi connectivity index (χ3n) is 1.86. The van der Waals surface area contributed by atoms with Gasteiger partial charge in [0.1, 0.15) is 0 Å². The third-order valence-corrected chi connectivity index (χ3v) is 3.29. The van der Waals surface area contributed by atoms with E-state index in [0.717, 1.165) is 19.2 Å². The van der Waals surface area contributed by atoms with Gasteiger partial charge in [-0.1, -0.05) is 0 Å². The van der Waals surface area contributed by atoms with Crippen LogP contribution >= 0.6 is 0 Å². The Morgan fingerprint density at radius 2 is 2.00 bits per heavy atom. The van der Waals surface area contributed by atoms with Crippen molar-refractivity contribution < 1.29 is 17.5 Å². The largest absolute Gasteiger partial charge is 0.296 e. The average Bonchev–Trinajstić information content (AvgIpc) is 2.17. The van der Waals surface area contributed by atoms with Crippen LogP contribution in [0.2, 0.25) is 0 Å². The first kappa shape index (κ1) is 11.6. The van der Waals surface area contributed by atoms with Crippen LogP contribution in [-0.2, 0) is 14.3 Å². The molecule has 0 N–H and O–H groups in total. The van der Waals surface area contributed by atoms with Crippen LogP contribution in [0, 0.1) is 17.0 Å². The lowest BCUT2D eigenvalue weighted by Crippen LogP contribution is -2.05. The highest BCUT2D eigenvalue weighted by Gasteiger charge is 2.18. The fourth-order valence-electron chi connectivity index (χ4n) is 1.12. The van der Waals surface area contributed by atoms with Gasteiger partial charge < -0.3 is 0 Å². The zero-order chi connectivity index (χ0) is 11.6. The molecule has 0 aromatic heterocycles. The predicted molar refractivity (Wildman–Crippen MR) is 52.0 cm³/mol. The maximum atomic E-state index is 11.3. The Hall–Kier alpha value is -1.47. The molecule has 0 saturated carbocycles. The van der Waals surface area contributed by atoms with Gasteiger partial charge in [-0.3, -0.25) is 14.3 Å². The highest BCUT2D eigenvalue weighted by atomic mass is 32.2. The number of hydrogen-bond acceptors (Lipinski definition) is 5. The maximum absolute atomic E-state index is 11.3. The van der Waals surface area contributed by atoms with Gasteiger partial charge in [0.2, 0.25) is 0 Å². The van der Waals surface area contributed by atoms with Crippen molar-refractivity contribution in [2.45, 2.75) is 11.8 Å². The number of non-ortho nitro benzene ring substituents is 1. The van der Waals surface area contributed by atoms with Gasteiger partial charge in [-0.2, -0.15) is 8.42 Å². The van der Waals surface area contributed by atoms with Gasteiger partial charge >= 0.3 is 0 Å². The molecule has 0 aliphatic heterocycles. The van der Waals surface area contributed by atoms with Crippen LogP contribution in [0.5, 0.6) is 0 Å². The quantitative estimate of drug-likeness (QED) is 0.443. The van der Waals surface area contributed by atoms with Gasteiger partial charge in [-0.15, -0.1) is 0 Å². The van der Waals surface area contributed by atoms with Crippen molar-refractivity contribution in [3.8, 4) is 0 Å². The molecule has 0 radical (unpaired) electrons. The zero-order valence-corrected chi connectivity index (χ0v) is 8.95. The van der Waals surface area contributed by atoms with Gasteiger partial charge in [0.05, 0.1) is 16.9 Å². The highest BCUT2D eigenvalue weighted by molar-refractivity contribution is 7.86. The summed E-state index contributed by atoms with van der Waals surface area (Å²) >= 11 is 0. The van der Waals surface area contributed by atoms with E-state index in [0.29, 0.717) is 0 Å². The molecular weight excluding hydrogens is 222 g/mol. The van der Waals surface area contributed by atoms with Crippen LogP contribution in [0.15, 0.2) is 23.1 Å². The summed E-state index contributed by atoms with van der Waals surface area (Å²) in [7, 11) is -2.76. The number of nitro groups is 1. The molecule has 0 saturated heterocycles. The second-order valence-corrected chi connectivity index (χ2v) is 4.51. The Balaban J connectivity index is 3.32. The van der Waals surface area contributed by atoms with E-state index in [2.05, 4.69) is 4.18 Å². The highest BCUT2D eigenvalue weighted by Crippen LogP contribution is 2.21. The van der Waals surface area contributed by atoms with E-state index in [4.69, 9.17) is 0 Å². The Labute approximate surface area is 86.8 Å². The van der Waals surface area contributed by atoms with E-state index >= 15 is 0 Å². The molecule has 1 aromatic rings. The monoisotopic (exact) mass is 231 g/mol. The minimum atomic E-state index is -3.79. The molecule has 7 heteroatoms. The number of nitrogens with zero attached hydrogens (tertiary/aromatic N) is 1. The summed E-state index contributed by atoms with van der Waals surface area (Å²) in [6, 6.07) is 3.47. The first-order valence-electron chi connectivity index (χ1n) is 3.94. The molecule has 0 aliphatic rings. The lowest BCUT2D eigenvalue weighted by atomic mass is 10.2. The lowest BCUT2D eigenvalue weighted by Gasteiger charge is -2.04. The number of nitro benzene ring substituents is 1. The Bertz CT molecular complexity index is 494. The van der Waals surface area contributed by atoms with E-state index in [-0.39, 0.29) is 16.1 Å². The first-order chi connectivity index (χ1) is 6.88. The van der Waals surface area contributed by atoms with Crippen LogP contribution in [-0.4, -0.2) is 20.5 Å².